The number of ketones is 1. The van der Waals surface area contributed by atoms with Gasteiger partial charge in [0, 0.05) is 5.56 Å². The van der Waals surface area contributed by atoms with E-state index >= 15 is 0 Å². The first-order valence-electron chi connectivity index (χ1n) is 4.54. The van der Waals surface area contributed by atoms with E-state index < -0.39 is 23.2 Å². The molecule has 0 fully saturated rings. The van der Waals surface area contributed by atoms with Crippen molar-refractivity contribution in [3.8, 4) is 0 Å². The molecule has 7 heteroatoms. The van der Waals surface area contributed by atoms with E-state index in [1.165, 1.54) is 6.07 Å². The molecule has 0 radical (unpaired) electrons. The topological polar surface area (TPSA) is 17.1 Å². The number of hydrogen-bond donors (Lipinski definition) is 0. The molecule has 0 spiro atoms. The van der Waals surface area contributed by atoms with E-state index in [2.05, 4.69) is 15.9 Å². The molecular formula is C11H3BrClF3OS. The number of benzene rings is 1. The molecule has 0 aliphatic heterocycles. The predicted molar refractivity (Wildman–Crippen MR) is 66.8 cm³/mol. The van der Waals surface area contributed by atoms with Gasteiger partial charge in [-0.3, -0.25) is 4.79 Å². The SMILES string of the molecule is O=C(c1cc(F)c(F)c(F)c1)c1cc(Cl)c(Br)s1. The minimum absolute atomic E-state index is 0.206. The Labute approximate surface area is 117 Å². The minimum Gasteiger partial charge on any atom is -0.288 e. The van der Waals surface area contributed by atoms with Gasteiger partial charge in [0.05, 0.1) is 13.7 Å². The van der Waals surface area contributed by atoms with Crippen molar-refractivity contribution in [1.29, 1.82) is 0 Å². The zero-order valence-electron chi connectivity index (χ0n) is 8.44. The molecule has 0 atom stereocenters. The molecule has 1 aromatic heterocycles. The van der Waals surface area contributed by atoms with Gasteiger partial charge in [-0.25, -0.2) is 13.2 Å². The Morgan fingerprint density at radius 3 is 2.17 bits per heavy atom. The Hall–Kier alpha value is -0.850. The molecule has 0 unspecified atom stereocenters. The summed E-state index contributed by atoms with van der Waals surface area (Å²) in [5.74, 6) is -5.03. The van der Waals surface area contributed by atoms with Crippen molar-refractivity contribution >= 4 is 44.7 Å². The van der Waals surface area contributed by atoms with E-state index in [1.807, 2.05) is 0 Å². The fourth-order valence-corrected chi connectivity index (χ4v) is 2.95. The highest BCUT2D eigenvalue weighted by atomic mass is 79.9. The van der Waals surface area contributed by atoms with Crippen molar-refractivity contribution in [1.82, 2.24) is 0 Å². The zero-order chi connectivity index (χ0) is 13.4. The van der Waals surface area contributed by atoms with Gasteiger partial charge in [0.2, 0.25) is 5.78 Å². The second-order valence-corrected chi connectivity index (χ2v) is 6.09. The predicted octanol–water partition coefficient (Wildman–Crippen LogP) is 4.81. The molecule has 18 heavy (non-hydrogen) atoms. The van der Waals surface area contributed by atoms with Crippen LogP contribution < -0.4 is 0 Å². The van der Waals surface area contributed by atoms with E-state index in [4.69, 9.17) is 11.6 Å². The minimum atomic E-state index is -1.60. The van der Waals surface area contributed by atoms with Crippen LogP contribution in [-0.4, -0.2) is 5.78 Å². The number of halogens is 5. The third-order valence-corrected chi connectivity index (χ3v) is 4.59. The van der Waals surface area contributed by atoms with E-state index in [-0.39, 0.29) is 10.4 Å². The van der Waals surface area contributed by atoms with E-state index in [1.54, 1.807) is 0 Å². The molecule has 94 valence electrons. The molecule has 0 saturated heterocycles. The maximum Gasteiger partial charge on any atom is 0.203 e. The van der Waals surface area contributed by atoms with Crippen LogP contribution in [0, 0.1) is 17.5 Å². The first-order valence-corrected chi connectivity index (χ1v) is 6.53. The Kier molecular flexibility index (Phi) is 3.79. The lowest BCUT2D eigenvalue weighted by Crippen LogP contribution is -2.02. The van der Waals surface area contributed by atoms with Crippen LogP contribution in [0.3, 0.4) is 0 Å². The van der Waals surface area contributed by atoms with Gasteiger partial charge in [-0.2, -0.15) is 0 Å². The van der Waals surface area contributed by atoms with Gasteiger partial charge in [0.15, 0.2) is 17.5 Å². The summed E-state index contributed by atoms with van der Waals surface area (Å²) in [5, 5.41) is 0.325. The fraction of sp³-hybridized carbons (Fsp3) is 0. The number of rotatable bonds is 2. The molecule has 2 aromatic rings. The molecule has 1 heterocycles. The fourth-order valence-electron chi connectivity index (χ4n) is 1.29. The highest BCUT2D eigenvalue weighted by Crippen LogP contribution is 2.33. The van der Waals surface area contributed by atoms with Crippen LogP contribution in [0.1, 0.15) is 15.2 Å². The summed E-state index contributed by atoms with van der Waals surface area (Å²) in [7, 11) is 0. The summed E-state index contributed by atoms with van der Waals surface area (Å²) in [4.78, 5) is 12.1. The summed E-state index contributed by atoms with van der Waals surface area (Å²) in [6.07, 6.45) is 0. The summed E-state index contributed by atoms with van der Waals surface area (Å²) < 4.78 is 39.3. The van der Waals surface area contributed by atoms with Crippen molar-refractivity contribution in [3.05, 3.63) is 54.9 Å². The summed E-state index contributed by atoms with van der Waals surface area (Å²) >= 11 is 9.91. The molecular weight excluding hydrogens is 353 g/mol. The summed E-state index contributed by atoms with van der Waals surface area (Å²) in [6, 6.07) is 2.68. The average Bonchev–Trinajstić information content (AvgIpc) is 2.65. The largest absolute Gasteiger partial charge is 0.288 e. The summed E-state index contributed by atoms with van der Waals surface area (Å²) in [5.41, 5.74) is -0.267. The van der Waals surface area contributed by atoms with Crippen LogP contribution >= 0.6 is 38.9 Å². The van der Waals surface area contributed by atoms with Crippen molar-refractivity contribution in [2.24, 2.45) is 0 Å². The van der Waals surface area contributed by atoms with Crippen molar-refractivity contribution in [3.63, 3.8) is 0 Å². The maximum atomic E-state index is 13.0. The van der Waals surface area contributed by atoms with E-state index in [9.17, 15) is 18.0 Å². The van der Waals surface area contributed by atoms with Gasteiger partial charge < -0.3 is 0 Å². The van der Waals surface area contributed by atoms with E-state index in [0.717, 1.165) is 11.3 Å². The lowest BCUT2D eigenvalue weighted by atomic mass is 10.1. The highest BCUT2D eigenvalue weighted by Gasteiger charge is 2.18. The van der Waals surface area contributed by atoms with Crippen molar-refractivity contribution in [2.45, 2.75) is 0 Å². The third-order valence-electron chi connectivity index (χ3n) is 2.11. The lowest BCUT2D eigenvalue weighted by molar-refractivity contribution is 0.104. The van der Waals surface area contributed by atoms with Gasteiger partial charge in [0.25, 0.3) is 0 Å². The molecule has 0 aliphatic carbocycles. The van der Waals surface area contributed by atoms with Crippen LogP contribution in [0.15, 0.2) is 22.0 Å². The Bertz CT molecular complexity index is 599. The van der Waals surface area contributed by atoms with Crippen molar-refractivity contribution < 1.29 is 18.0 Å². The highest BCUT2D eigenvalue weighted by molar-refractivity contribution is 9.11. The number of thiophene rings is 1. The monoisotopic (exact) mass is 354 g/mol. The van der Waals surface area contributed by atoms with Crippen LogP contribution in [0.5, 0.6) is 0 Å². The Balaban J connectivity index is 2.46. The Morgan fingerprint density at radius 2 is 1.72 bits per heavy atom. The maximum absolute atomic E-state index is 13.0. The van der Waals surface area contributed by atoms with Gasteiger partial charge in [-0.15, -0.1) is 11.3 Å². The quantitative estimate of drug-likeness (QED) is 0.558. The zero-order valence-corrected chi connectivity index (χ0v) is 11.6. The normalized spacial score (nSPS) is 10.7. The molecule has 0 aliphatic rings. The van der Waals surface area contributed by atoms with Crippen LogP contribution in [-0.2, 0) is 0 Å². The molecule has 0 bridgehead atoms. The second-order valence-electron chi connectivity index (χ2n) is 3.32. The van der Waals surface area contributed by atoms with Gasteiger partial charge in [0.1, 0.15) is 0 Å². The molecule has 0 amide bonds. The van der Waals surface area contributed by atoms with Gasteiger partial charge in [-0.1, -0.05) is 11.6 Å². The molecule has 0 saturated carbocycles. The number of hydrogen-bond acceptors (Lipinski definition) is 2. The lowest BCUT2D eigenvalue weighted by Gasteiger charge is -2.00. The molecule has 1 nitrogen and oxygen atoms in total. The van der Waals surface area contributed by atoms with Gasteiger partial charge in [-0.05, 0) is 34.1 Å². The molecule has 1 aromatic carbocycles. The molecule has 0 N–H and O–H groups in total. The molecule has 2 rings (SSSR count). The summed E-state index contributed by atoms with van der Waals surface area (Å²) in [6.45, 7) is 0. The van der Waals surface area contributed by atoms with Crippen LogP contribution in [0.4, 0.5) is 13.2 Å². The Morgan fingerprint density at radius 1 is 1.17 bits per heavy atom. The van der Waals surface area contributed by atoms with Crippen LogP contribution in [0.2, 0.25) is 5.02 Å². The smallest absolute Gasteiger partial charge is 0.203 e. The average molecular weight is 356 g/mol. The first kappa shape index (κ1) is 13.6. The second kappa shape index (κ2) is 5.03. The number of carbonyl (C=O) groups excluding carboxylic acids is 1. The first-order chi connectivity index (χ1) is 8.40. The third kappa shape index (κ3) is 2.46. The number of carbonyl (C=O) groups is 1. The van der Waals surface area contributed by atoms with E-state index in [0.29, 0.717) is 20.9 Å². The van der Waals surface area contributed by atoms with Crippen LogP contribution in [0.25, 0.3) is 0 Å². The van der Waals surface area contributed by atoms with Gasteiger partial charge >= 0.3 is 0 Å². The van der Waals surface area contributed by atoms with Crippen molar-refractivity contribution in [2.75, 3.05) is 0 Å². The standard InChI is InChI=1S/C11H3BrClF3OS/c12-11-5(13)3-8(18-11)10(17)4-1-6(14)9(16)7(15)2-4/h1-3H.